The summed E-state index contributed by atoms with van der Waals surface area (Å²) in [5.74, 6) is 0.502. The third-order valence-corrected chi connectivity index (χ3v) is 1.18. The molecule has 0 spiro atoms. The molecule has 0 aliphatic heterocycles. The Labute approximate surface area is 51.3 Å². The van der Waals surface area contributed by atoms with Gasteiger partial charge in [0.25, 0.3) is 0 Å². The fourth-order valence-electron chi connectivity index (χ4n) is 0.553. The second kappa shape index (κ2) is 1.54. The van der Waals surface area contributed by atoms with Crippen molar-refractivity contribution in [3.63, 3.8) is 0 Å². The quantitative estimate of drug-likeness (QED) is 0.413. The van der Waals surface area contributed by atoms with Crippen molar-refractivity contribution >= 4 is 11.6 Å². The number of rotatable bonds is 0. The van der Waals surface area contributed by atoms with Crippen LogP contribution in [-0.2, 0) is 7.05 Å². The molecule has 1 rings (SSSR count). The van der Waals surface area contributed by atoms with Crippen molar-refractivity contribution in [2.24, 2.45) is 7.05 Å². The highest BCUT2D eigenvalue weighted by Crippen LogP contribution is 2.03. The number of hydrogen-bond acceptors (Lipinski definition) is 3. The van der Waals surface area contributed by atoms with E-state index in [1.807, 2.05) is 0 Å². The summed E-state index contributed by atoms with van der Waals surface area (Å²) in [6, 6.07) is 0. The topological polar surface area (TPSA) is 89.8 Å². The third kappa shape index (κ3) is 0.658. The van der Waals surface area contributed by atoms with Gasteiger partial charge in [-0.2, -0.15) is 0 Å². The highest BCUT2D eigenvalue weighted by atomic mass is 16.1. The zero-order chi connectivity index (χ0) is 7.02. The van der Waals surface area contributed by atoms with Gasteiger partial charge in [0, 0.05) is 7.05 Å². The minimum Gasteiger partial charge on any atom is -0.382 e. The van der Waals surface area contributed by atoms with Gasteiger partial charge in [-0.25, -0.2) is 4.79 Å². The molecule has 5 heteroatoms. The molecule has 9 heavy (non-hydrogen) atoms. The molecule has 0 unspecified atom stereocenters. The van der Waals surface area contributed by atoms with Crippen LogP contribution < -0.4 is 17.2 Å². The van der Waals surface area contributed by atoms with Crippen LogP contribution in [0.5, 0.6) is 0 Å². The van der Waals surface area contributed by atoms with Gasteiger partial charge in [0.2, 0.25) is 0 Å². The summed E-state index contributed by atoms with van der Waals surface area (Å²) in [6.45, 7) is 0. The fraction of sp³-hybridized carbons (Fsp3) is 0.250. The summed E-state index contributed by atoms with van der Waals surface area (Å²) in [7, 11) is 1.55. The van der Waals surface area contributed by atoms with E-state index in [1.54, 1.807) is 7.05 Å². The summed E-state index contributed by atoms with van der Waals surface area (Å²) >= 11 is 0. The smallest absolute Gasteiger partial charge is 0.328 e. The predicted octanol–water partition coefficient (Wildman–Crippen LogP) is -1.12. The second-order valence-electron chi connectivity index (χ2n) is 1.79. The number of nitrogen functional groups attached to an aromatic ring is 2. The number of nitrogens with one attached hydrogen (secondary N) is 1. The standard InChI is InChI=1S/C4H8N4O/c1-8-3(6)2(5)7-4(8)9/h5-6H2,1H3,(H,7,9). The van der Waals surface area contributed by atoms with Crippen LogP contribution in [0.25, 0.3) is 0 Å². The molecule has 0 aromatic carbocycles. The predicted molar refractivity (Wildman–Crippen MR) is 34.9 cm³/mol. The van der Waals surface area contributed by atoms with Crippen molar-refractivity contribution in [2.75, 3.05) is 11.5 Å². The van der Waals surface area contributed by atoms with Crippen LogP contribution in [0.2, 0.25) is 0 Å². The molecule has 5 nitrogen and oxygen atoms in total. The lowest BCUT2D eigenvalue weighted by Gasteiger charge is -1.90. The van der Waals surface area contributed by atoms with Gasteiger partial charge < -0.3 is 11.5 Å². The zero-order valence-electron chi connectivity index (χ0n) is 5.01. The molecule has 50 valence electrons. The summed E-state index contributed by atoms with van der Waals surface area (Å²) in [5, 5.41) is 0. The Morgan fingerprint density at radius 1 is 1.56 bits per heavy atom. The van der Waals surface area contributed by atoms with Crippen molar-refractivity contribution in [1.82, 2.24) is 9.55 Å². The lowest BCUT2D eigenvalue weighted by atomic mass is 10.7. The minimum absolute atomic E-state index is 0.225. The summed E-state index contributed by atoms with van der Waals surface area (Å²) in [5.41, 5.74) is 10.3. The molecule has 0 saturated carbocycles. The Bertz CT molecular complexity index is 271. The molecule has 1 heterocycles. The average molecular weight is 128 g/mol. The number of imidazole rings is 1. The van der Waals surface area contributed by atoms with Crippen LogP contribution >= 0.6 is 0 Å². The lowest BCUT2D eigenvalue weighted by Crippen LogP contribution is -2.13. The molecule has 0 aliphatic carbocycles. The molecule has 0 fully saturated rings. The molecule has 0 saturated heterocycles. The van der Waals surface area contributed by atoms with Crippen molar-refractivity contribution in [2.45, 2.75) is 0 Å². The molecule has 5 N–H and O–H groups in total. The SMILES string of the molecule is Cn1c(N)c(N)[nH]c1=O. The number of aromatic amines is 1. The number of nitrogens with two attached hydrogens (primary N) is 2. The van der Waals surface area contributed by atoms with Gasteiger partial charge in [0.05, 0.1) is 0 Å². The molecule has 0 amide bonds. The van der Waals surface area contributed by atoms with Gasteiger partial charge in [-0.05, 0) is 0 Å². The Morgan fingerprint density at radius 2 is 2.11 bits per heavy atom. The minimum atomic E-state index is -0.287. The van der Waals surface area contributed by atoms with Crippen molar-refractivity contribution in [3.8, 4) is 0 Å². The van der Waals surface area contributed by atoms with Gasteiger partial charge >= 0.3 is 5.69 Å². The normalized spacial score (nSPS) is 9.89. The van der Waals surface area contributed by atoms with E-state index in [0.29, 0.717) is 0 Å². The van der Waals surface area contributed by atoms with E-state index >= 15 is 0 Å². The first-order valence-electron chi connectivity index (χ1n) is 2.43. The van der Waals surface area contributed by atoms with Crippen LogP contribution in [0.15, 0.2) is 4.79 Å². The molecule has 0 bridgehead atoms. The highest BCUT2D eigenvalue weighted by molar-refractivity contribution is 5.52. The first-order chi connectivity index (χ1) is 4.13. The maximum Gasteiger partial charge on any atom is 0.328 e. The largest absolute Gasteiger partial charge is 0.382 e. The maximum absolute atomic E-state index is 10.6. The molecular formula is C4H8N4O. The van der Waals surface area contributed by atoms with Crippen LogP contribution in [0.4, 0.5) is 11.6 Å². The molecule has 1 aromatic heterocycles. The van der Waals surface area contributed by atoms with Crippen LogP contribution in [0, 0.1) is 0 Å². The molecule has 0 aliphatic rings. The van der Waals surface area contributed by atoms with E-state index in [0.717, 1.165) is 0 Å². The van der Waals surface area contributed by atoms with Crippen molar-refractivity contribution in [3.05, 3.63) is 10.5 Å². The maximum atomic E-state index is 10.6. The average Bonchev–Trinajstić information content (AvgIpc) is 1.98. The van der Waals surface area contributed by atoms with Crippen LogP contribution in [-0.4, -0.2) is 9.55 Å². The van der Waals surface area contributed by atoms with Gasteiger partial charge in [-0.1, -0.05) is 0 Å². The van der Waals surface area contributed by atoms with E-state index in [-0.39, 0.29) is 17.3 Å². The van der Waals surface area contributed by atoms with E-state index in [2.05, 4.69) is 4.98 Å². The van der Waals surface area contributed by atoms with E-state index in [4.69, 9.17) is 11.5 Å². The lowest BCUT2D eigenvalue weighted by molar-refractivity contribution is 0.873. The summed E-state index contributed by atoms with van der Waals surface area (Å²) < 4.78 is 1.25. The Kier molecular flexibility index (Phi) is 0.985. The van der Waals surface area contributed by atoms with Crippen molar-refractivity contribution in [1.29, 1.82) is 0 Å². The van der Waals surface area contributed by atoms with Gasteiger partial charge in [-0.15, -0.1) is 0 Å². The Hall–Kier alpha value is -1.39. The van der Waals surface area contributed by atoms with Gasteiger partial charge in [0.15, 0.2) is 0 Å². The Balaban J connectivity index is 3.47. The molecule has 0 atom stereocenters. The highest BCUT2D eigenvalue weighted by Gasteiger charge is 2.01. The number of H-pyrrole nitrogens is 1. The summed E-state index contributed by atoms with van der Waals surface area (Å²) in [6.07, 6.45) is 0. The van der Waals surface area contributed by atoms with Gasteiger partial charge in [-0.3, -0.25) is 9.55 Å². The summed E-state index contributed by atoms with van der Waals surface area (Å²) in [4.78, 5) is 12.9. The van der Waals surface area contributed by atoms with Crippen molar-refractivity contribution < 1.29 is 0 Å². The number of aromatic nitrogens is 2. The molecule has 1 aromatic rings. The van der Waals surface area contributed by atoms with Gasteiger partial charge in [0.1, 0.15) is 11.6 Å². The first kappa shape index (κ1) is 5.74. The molecular weight excluding hydrogens is 120 g/mol. The van der Waals surface area contributed by atoms with E-state index in [9.17, 15) is 4.79 Å². The number of nitrogens with zero attached hydrogens (tertiary/aromatic N) is 1. The fourth-order valence-corrected chi connectivity index (χ4v) is 0.553. The molecule has 0 radical (unpaired) electrons. The van der Waals surface area contributed by atoms with Crippen LogP contribution in [0.1, 0.15) is 0 Å². The van der Waals surface area contributed by atoms with E-state index < -0.39 is 0 Å². The number of hydrogen-bond donors (Lipinski definition) is 3. The monoisotopic (exact) mass is 128 g/mol. The third-order valence-electron chi connectivity index (χ3n) is 1.18. The van der Waals surface area contributed by atoms with E-state index in [1.165, 1.54) is 4.57 Å². The number of anilines is 2. The zero-order valence-corrected chi connectivity index (χ0v) is 5.01. The Morgan fingerprint density at radius 3 is 2.22 bits per heavy atom. The first-order valence-corrected chi connectivity index (χ1v) is 2.43. The second-order valence-corrected chi connectivity index (χ2v) is 1.79. The van der Waals surface area contributed by atoms with Crippen LogP contribution in [0.3, 0.4) is 0 Å².